The summed E-state index contributed by atoms with van der Waals surface area (Å²) in [5.41, 5.74) is 0.393. The number of amides is 1. The Morgan fingerprint density at radius 2 is 2.47 bits per heavy atom. The molecule has 2 N–H and O–H groups in total. The topological polar surface area (TPSA) is 71.8 Å². The largest absolute Gasteiger partial charge is 0.348 e. The highest BCUT2D eigenvalue weighted by atomic mass is 16.2. The van der Waals surface area contributed by atoms with Crippen molar-refractivity contribution in [3.05, 3.63) is 11.9 Å². The molecule has 6 nitrogen and oxygen atoms in total. The van der Waals surface area contributed by atoms with E-state index < -0.39 is 0 Å². The highest BCUT2D eigenvalue weighted by Gasteiger charge is 2.18. The van der Waals surface area contributed by atoms with Crippen molar-refractivity contribution in [3.8, 4) is 0 Å². The maximum absolute atomic E-state index is 11.7. The van der Waals surface area contributed by atoms with E-state index >= 15 is 0 Å². The van der Waals surface area contributed by atoms with Gasteiger partial charge in [0.15, 0.2) is 5.69 Å². The standard InChI is InChI=1S/C11H19N5O/c1-8(2)13-11(17)10-7-16(15-14-10)9-4-3-5-12-6-9/h7-9,12H,3-6H2,1-2H3,(H,13,17). The zero-order valence-corrected chi connectivity index (χ0v) is 10.3. The molecule has 1 unspecified atom stereocenters. The summed E-state index contributed by atoms with van der Waals surface area (Å²) in [5.74, 6) is -0.157. The van der Waals surface area contributed by atoms with Crippen LogP contribution < -0.4 is 10.6 Å². The van der Waals surface area contributed by atoms with Crippen molar-refractivity contribution in [2.75, 3.05) is 13.1 Å². The van der Waals surface area contributed by atoms with Crippen molar-refractivity contribution in [2.24, 2.45) is 0 Å². The van der Waals surface area contributed by atoms with Gasteiger partial charge in [0.1, 0.15) is 0 Å². The third-order valence-corrected chi connectivity index (χ3v) is 2.81. The summed E-state index contributed by atoms with van der Waals surface area (Å²) in [6.07, 6.45) is 3.95. The first kappa shape index (κ1) is 12.0. The Kier molecular flexibility index (Phi) is 3.73. The van der Waals surface area contributed by atoms with E-state index in [9.17, 15) is 4.79 Å². The van der Waals surface area contributed by atoms with Crippen molar-refractivity contribution in [3.63, 3.8) is 0 Å². The molecule has 0 radical (unpaired) electrons. The quantitative estimate of drug-likeness (QED) is 0.795. The third-order valence-electron chi connectivity index (χ3n) is 2.81. The summed E-state index contributed by atoms with van der Waals surface area (Å²) in [5, 5.41) is 14.1. The molecule has 0 spiro atoms. The van der Waals surface area contributed by atoms with Gasteiger partial charge in [0.25, 0.3) is 5.91 Å². The first-order valence-corrected chi connectivity index (χ1v) is 6.10. The summed E-state index contributed by atoms with van der Waals surface area (Å²) < 4.78 is 1.79. The maximum Gasteiger partial charge on any atom is 0.273 e. The van der Waals surface area contributed by atoms with E-state index in [1.165, 1.54) is 0 Å². The molecule has 94 valence electrons. The van der Waals surface area contributed by atoms with E-state index in [-0.39, 0.29) is 11.9 Å². The van der Waals surface area contributed by atoms with Gasteiger partial charge in [-0.05, 0) is 33.2 Å². The van der Waals surface area contributed by atoms with Crippen LogP contribution in [0.15, 0.2) is 6.20 Å². The summed E-state index contributed by atoms with van der Waals surface area (Å²) >= 11 is 0. The van der Waals surface area contributed by atoms with Crippen LogP contribution in [0.25, 0.3) is 0 Å². The van der Waals surface area contributed by atoms with Crippen molar-refractivity contribution < 1.29 is 4.79 Å². The Morgan fingerprint density at radius 1 is 1.65 bits per heavy atom. The molecule has 1 aromatic heterocycles. The molecule has 17 heavy (non-hydrogen) atoms. The normalized spacial score (nSPS) is 20.5. The zero-order chi connectivity index (χ0) is 12.3. The number of rotatable bonds is 3. The molecule has 6 heteroatoms. The van der Waals surface area contributed by atoms with Crippen LogP contribution >= 0.6 is 0 Å². The fourth-order valence-corrected chi connectivity index (χ4v) is 1.95. The van der Waals surface area contributed by atoms with Crippen LogP contribution in [0.1, 0.15) is 43.2 Å². The van der Waals surface area contributed by atoms with Crippen LogP contribution in [0, 0.1) is 0 Å². The van der Waals surface area contributed by atoms with Gasteiger partial charge in [-0.15, -0.1) is 5.10 Å². The van der Waals surface area contributed by atoms with E-state index in [2.05, 4.69) is 20.9 Å². The monoisotopic (exact) mass is 237 g/mol. The Balaban J connectivity index is 2.02. The molecular formula is C11H19N5O. The molecule has 1 aliphatic rings. The maximum atomic E-state index is 11.7. The first-order chi connectivity index (χ1) is 8.16. The van der Waals surface area contributed by atoms with E-state index in [1.54, 1.807) is 10.9 Å². The van der Waals surface area contributed by atoms with E-state index in [4.69, 9.17) is 0 Å². The van der Waals surface area contributed by atoms with Crippen molar-refractivity contribution in [1.29, 1.82) is 0 Å². The van der Waals surface area contributed by atoms with Crippen LogP contribution in [0.4, 0.5) is 0 Å². The Labute approximate surface area is 101 Å². The molecule has 0 bridgehead atoms. The molecule has 2 rings (SSSR count). The van der Waals surface area contributed by atoms with Crippen LogP contribution in [0.3, 0.4) is 0 Å². The number of carbonyl (C=O) groups excluding carboxylic acids is 1. The van der Waals surface area contributed by atoms with Crippen LogP contribution in [-0.4, -0.2) is 40.0 Å². The average molecular weight is 237 g/mol. The number of hydrogen-bond acceptors (Lipinski definition) is 4. The van der Waals surface area contributed by atoms with Crippen molar-refractivity contribution >= 4 is 5.91 Å². The van der Waals surface area contributed by atoms with Gasteiger partial charge in [0.05, 0.1) is 12.2 Å². The molecule has 1 fully saturated rings. The molecule has 1 aliphatic heterocycles. The van der Waals surface area contributed by atoms with Gasteiger partial charge in [-0.1, -0.05) is 5.21 Å². The van der Waals surface area contributed by atoms with Crippen LogP contribution in [-0.2, 0) is 0 Å². The second-order valence-corrected chi connectivity index (χ2v) is 4.71. The minimum atomic E-state index is -0.157. The molecule has 0 aliphatic carbocycles. The van der Waals surface area contributed by atoms with Crippen molar-refractivity contribution in [1.82, 2.24) is 25.6 Å². The lowest BCUT2D eigenvalue weighted by Crippen LogP contribution is -2.32. The minimum Gasteiger partial charge on any atom is -0.348 e. The van der Waals surface area contributed by atoms with Gasteiger partial charge < -0.3 is 10.6 Å². The molecule has 0 saturated carbocycles. The smallest absolute Gasteiger partial charge is 0.273 e. The SMILES string of the molecule is CC(C)NC(=O)c1cn(C2CCCNC2)nn1. The molecule has 1 saturated heterocycles. The first-order valence-electron chi connectivity index (χ1n) is 6.10. The Bertz CT molecular complexity index is 381. The van der Waals surface area contributed by atoms with Gasteiger partial charge in [0.2, 0.25) is 0 Å². The second kappa shape index (κ2) is 5.27. The van der Waals surface area contributed by atoms with E-state index in [1.807, 2.05) is 13.8 Å². The average Bonchev–Trinajstić information content (AvgIpc) is 2.78. The number of nitrogens with zero attached hydrogens (tertiary/aromatic N) is 3. The molecule has 1 aromatic rings. The number of nitrogens with one attached hydrogen (secondary N) is 2. The predicted octanol–water partition coefficient (Wildman–Crippen LogP) is 0.341. The highest BCUT2D eigenvalue weighted by molar-refractivity contribution is 5.91. The lowest BCUT2D eigenvalue weighted by atomic mass is 10.1. The minimum absolute atomic E-state index is 0.115. The van der Waals surface area contributed by atoms with Crippen molar-refractivity contribution in [2.45, 2.75) is 38.8 Å². The fourth-order valence-electron chi connectivity index (χ4n) is 1.95. The Morgan fingerprint density at radius 3 is 3.12 bits per heavy atom. The fraction of sp³-hybridized carbons (Fsp3) is 0.727. The summed E-state index contributed by atoms with van der Waals surface area (Å²) in [7, 11) is 0. The van der Waals surface area contributed by atoms with Gasteiger partial charge in [0, 0.05) is 12.6 Å². The molecule has 0 aromatic carbocycles. The van der Waals surface area contributed by atoms with Gasteiger partial charge in [-0.3, -0.25) is 4.79 Å². The van der Waals surface area contributed by atoms with E-state index in [0.29, 0.717) is 11.7 Å². The number of hydrogen-bond donors (Lipinski definition) is 2. The number of aromatic nitrogens is 3. The lowest BCUT2D eigenvalue weighted by molar-refractivity contribution is 0.0938. The number of carbonyl (C=O) groups is 1. The molecule has 1 amide bonds. The van der Waals surface area contributed by atoms with Gasteiger partial charge >= 0.3 is 0 Å². The predicted molar refractivity (Wildman–Crippen MR) is 63.8 cm³/mol. The van der Waals surface area contributed by atoms with Gasteiger partial charge in [-0.2, -0.15) is 0 Å². The van der Waals surface area contributed by atoms with Crippen LogP contribution in [0.2, 0.25) is 0 Å². The zero-order valence-electron chi connectivity index (χ0n) is 10.3. The molecule has 2 heterocycles. The lowest BCUT2D eigenvalue weighted by Gasteiger charge is -2.22. The summed E-state index contributed by atoms with van der Waals surface area (Å²) in [4.78, 5) is 11.7. The van der Waals surface area contributed by atoms with E-state index in [0.717, 1.165) is 25.9 Å². The summed E-state index contributed by atoms with van der Waals surface area (Å²) in [6.45, 7) is 5.81. The Hall–Kier alpha value is -1.43. The molecule has 1 atom stereocenters. The number of piperidine rings is 1. The third kappa shape index (κ3) is 3.03. The second-order valence-electron chi connectivity index (χ2n) is 4.71. The summed E-state index contributed by atoms with van der Waals surface area (Å²) in [6, 6.07) is 0.431. The van der Waals surface area contributed by atoms with Gasteiger partial charge in [-0.25, -0.2) is 4.68 Å². The molecular weight excluding hydrogens is 218 g/mol. The highest BCUT2D eigenvalue weighted by Crippen LogP contribution is 2.15. The van der Waals surface area contributed by atoms with Crippen LogP contribution in [0.5, 0.6) is 0 Å².